The smallest absolute Gasteiger partial charge is 0.173 e. The van der Waals surface area contributed by atoms with E-state index >= 15 is 0 Å². The number of hydrogen-bond donors (Lipinski definition) is 2. The van der Waals surface area contributed by atoms with E-state index in [1.54, 1.807) is 0 Å². The summed E-state index contributed by atoms with van der Waals surface area (Å²) in [5.41, 5.74) is -0.526. The number of hydrogen-bond acceptors (Lipinski definition) is 4. The molecule has 0 heterocycles. The zero-order valence-corrected chi connectivity index (χ0v) is 15.5. The SMILES string of the molecule is CC(CO)(CO)COCCC[Si](C)(C)O[Si](C)(C)C. The molecule has 0 fully saturated rings. The van der Waals surface area contributed by atoms with Crippen molar-refractivity contribution in [1.82, 2.24) is 0 Å². The summed E-state index contributed by atoms with van der Waals surface area (Å²) in [6.45, 7) is 14.0. The van der Waals surface area contributed by atoms with Crippen LogP contribution in [-0.4, -0.2) is 53.3 Å². The highest BCUT2D eigenvalue weighted by atomic mass is 28.4. The Balaban J connectivity index is 3.86. The Kier molecular flexibility index (Phi) is 8.01. The zero-order valence-electron chi connectivity index (χ0n) is 13.5. The molecule has 0 aromatic heterocycles. The Morgan fingerprint density at radius 1 is 1.00 bits per heavy atom. The second-order valence-electron chi connectivity index (χ2n) is 7.26. The van der Waals surface area contributed by atoms with Crippen molar-refractivity contribution in [2.45, 2.75) is 52.1 Å². The molecule has 19 heavy (non-hydrogen) atoms. The molecule has 6 heteroatoms. The monoisotopic (exact) mass is 308 g/mol. The number of ether oxygens (including phenoxy) is 1. The number of aliphatic hydroxyl groups is 2. The second kappa shape index (κ2) is 7.90. The minimum atomic E-state index is -1.57. The third-order valence-electron chi connectivity index (χ3n) is 2.86. The van der Waals surface area contributed by atoms with Gasteiger partial charge in [0.15, 0.2) is 16.6 Å². The van der Waals surface area contributed by atoms with Gasteiger partial charge in [0.05, 0.1) is 19.8 Å². The quantitative estimate of drug-likeness (QED) is 0.481. The van der Waals surface area contributed by atoms with Gasteiger partial charge in [-0.25, -0.2) is 0 Å². The molecule has 0 bridgehead atoms. The molecule has 0 aromatic rings. The minimum absolute atomic E-state index is 0.0531. The van der Waals surface area contributed by atoms with Gasteiger partial charge in [0.1, 0.15) is 0 Å². The molecule has 0 aromatic carbocycles. The van der Waals surface area contributed by atoms with Gasteiger partial charge >= 0.3 is 0 Å². The van der Waals surface area contributed by atoms with Crippen molar-refractivity contribution in [3.05, 3.63) is 0 Å². The van der Waals surface area contributed by atoms with Crippen molar-refractivity contribution >= 4 is 16.6 Å². The molecule has 0 unspecified atom stereocenters. The van der Waals surface area contributed by atoms with E-state index in [4.69, 9.17) is 19.1 Å². The average molecular weight is 309 g/mol. The largest absolute Gasteiger partial charge is 0.456 e. The first kappa shape index (κ1) is 19.3. The first-order chi connectivity index (χ1) is 8.54. The van der Waals surface area contributed by atoms with E-state index in [1.165, 1.54) is 0 Å². The zero-order chi connectivity index (χ0) is 15.2. The molecule has 0 aliphatic rings. The summed E-state index contributed by atoms with van der Waals surface area (Å²) in [5, 5.41) is 18.3. The van der Waals surface area contributed by atoms with E-state index < -0.39 is 22.0 Å². The Morgan fingerprint density at radius 2 is 1.53 bits per heavy atom. The van der Waals surface area contributed by atoms with Crippen LogP contribution >= 0.6 is 0 Å². The van der Waals surface area contributed by atoms with Crippen LogP contribution in [0.25, 0.3) is 0 Å². The highest BCUT2D eigenvalue weighted by molar-refractivity contribution is 6.84. The van der Waals surface area contributed by atoms with Crippen LogP contribution in [0, 0.1) is 5.41 Å². The fraction of sp³-hybridized carbons (Fsp3) is 1.00. The highest BCUT2D eigenvalue weighted by Crippen LogP contribution is 2.20. The number of rotatable bonds is 10. The molecule has 0 aliphatic carbocycles. The lowest BCUT2D eigenvalue weighted by Crippen LogP contribution is -2.42. The highest BCUT2D eigenvalue weighted by Gasteiger charge is 2.29. The van der Waals surface area contributed by atoms with Gasteiger partial charge in [-0.3, -0.25) is 0 Å². The van der Waals surface area contributed by atoms with Gasteiger partial charge in [-0.05, 0) is 45.2 Å². The van der Waals surface area contributed by atoms with Crippen molar-refractivity contribution < 1.29 is 19.1 Å². The summed E-state index contributed by atoms with van der Waals surface area (Å²) in [6, 6.07) is 1.09. The summed E-state index contributed by atoms with van der Waals surface area (Å²) in [6.07, 6.45) is 0.983. The van der Waals surface area contributed by atoms with Crippen LogP contribution < -0.4 is 0 Å². The van der Waals surface area contributed by atoms with Gasteiger partial charge < -0.3 is 19.1 Å². The van der Waals surface area contributed by atoms with Crippen LogP contribution in [0.1, 0.15) is 13.3 Å². The second-order valence-corrected chi connectivity index (χ2v) is 16.3. The maximum absolute atomic E-state index is 9.15. The summed E-state index contributed by atoms with van der Waals surface area (Å²) >= 11 is 0. The van der Waals surface area contributed by atoms with E-state index in [-0.39, 0.29) is 13.2 Å². The summed E-state index contributed by atoms with van der Waals surface area (Å²) in [4.78, 5) is 0. The molecule has 0 saturated carbocycles. The Hall–Kier alpha value is 0.274. The third-order valence-corrected chi connectivity index (χ3v) is 9.08. The predicted octanol–water partition coefficient (Wildman–Crippen LogP) is 2.44. The van der Waals surface area contributed by atoms with Crippen molar-refractivity contribution in [3.63, 3.8) is 0 Å². The normalized spacial score (nSPS) is 13.9. The van der Waals surface area contributed by atoms with Gasteiger partial charge in [-0.2, -0.15) is 0 Å². The molecule has 0 amide bonds. The molecule has 0 spiro atoms. The molecule has 0 saturated heterocycles. The lowest BCUT2D eigenvalue weighted by molar-refractivity contribution is -0.0159. The number of aliphatic hydroxyl groups excluding tert-OH is 2. The van der Waals surface area contributed by atoms with E-state index in [0.717, 1.165) is 12.5 Å². The lowest BCUT2D eigenvalue weighted by atomic mass is 9.95. The van der Waals surface area contributed by atoms with Gasteiger partial charge in [0, 0.05) is 12.0 Å². The molecule has 0 radical (unpaired) electrons. The first-order valence-corrected chi connectivity index (χ1v) is 13.6. The van der Waals surface area contributed by atoms with E-state index in [0.29, 0.717) is 13.2 Å². The van der Waals surface area contributed by atoms with Crippen LogP contribution in [0.2, 0.25) is 38.8 Å². The summed E-state index contributed by atoms with van der Waals surface area (Å²) in [7, 11) is -3.02. The fourth-order valence-electron chi connectivity index (χ4n) is 1.94. The predicted molar refractivity (Wildman–Crippen MR) is 84.4 cm³/mol. The van der Waals surface area contributed by atoms with Gasteiger partial charge in [0.2, 0.25) is 0 Å². The summed E-state index contributed by atoms with van der Waals surface area (Å²) < 4.78 is 11.8. The van der Waals surface area contributed by atoms with E-state index in [9.17, 15) is 0 Å². The van der Waals surface area contributed by atoms with Gasteiger partial charge in [-0.1, -0.05) is 6.92 Å². The average Bonchev–Trinajstić information content (AvgIpc) is 2.25. The maximum Gasteiger partial charge on any atom is 0.173 e. The lowest BCUT2D eigenvalue weighted by Gasteiger charge is -2.31. The molecule has 0 aliphatic heterocycles. The molecule has 116 valence electrons. The minimum Gasteiger partial charge on any atom is -0.456 e. The standard InChI is InChI=1S/C13H32O4Si2/c1-13(10-14,11-15)12-16-8-7-9-19(5,6)17-18(2,3)4/h14-15H,7-12H2,1-6H3. The first-order valence-electron chi connectivity index (χ1n) is 7.03. The maximum atomic E-state index is 9.15. The van der Waals surface area contributed by atoms with Crippen molar-refractivity contribution in [2.24, 2.45) is 5.41 Å². The molecular formula is C13H32O4Si2. The molecule has 0 rings (SSSR count). The Labute approximate surface area is 120 Å². The van der Waals surface area contributed by atoms with E-state index in [1.807, 2.05) is 6.92 Å². The fourth-order valence-corrected chi connectivity index (χ4v) is 9.97. The molecule has 0 atom stereocenters. The molecular weight excluding hydrogens is 276 g/mol. The molecule has 4 nitrogen and oxygen atoms in total. The van der Waals surface area contributed by atoms with Crippen molar-refractivity contribution in [3.8, 4) is 0 Å². The van der Waals surface area contributed by atoms with Crippen molar-refractivity contribution in [2.75, 3.05) is 26.4 Å². The van der Waals surface area contributed by atoms with Crippen LogP contribution in [-0.2, 0) is 8.85 Å². The third kappa shape index (κ3) is 9.75. The molecule has 2 N–H and O–H groups in total. The van der Waals surface area contributed by atoms with Crippen LogP contribution in [0.3, 0.4) is 0 Å². The van der Waals surface area contributed by atoms with Gasteiger partial charge in [0.25, 0.3) is 0 Å². The topological polar surface area (TPSA) is 58.9 Å². The Morgan fingerprint density at radius 3 is 1.95 bits per heavy atom. The Bertz CT molecular complexity index is 248. The van der Waals surface area contributed by atoms with Gasteiger partial charge in [-0.15, -0.1) is 0 Å². The van der Waals surface area contributed by atoms with Crippen molar-refractivity contribution in [1.29, 1.82) is 0 Å². The van der Waals surface area contributed by atoms with E-state index in [2.05, 4.69) is 32.7 Å². The van der Waals surface area contributed by atoms with Crippen LogP contribution in [0.5, 0.6) is 0 Å². The van der Waals surface area contributed by atoms with Crippen LogP contribution in [0.4, 0.5) is 0 Å². The summed E-state index contributed by atoms with van der Waals surface area (Å²) in [5.74, 6) is 0. The van der Waals surface area contributed by atoms with Crippen LogP contribution in [0.15, 0.2) is 0 Å².